The summed E-state index contributed by atoms with van der Waals surface area (Å²) in [5, 5.41) is 8.99. The van der Waals surface area contributed by atoms with Crippen molar-refractivity contribution in [1.29, 1.82) is 0 Å². The minimum Gasteiger partial charge on any atom is -0.480 e. The lowest BCUT2D eigenvalue weighted by molar-refractivity contribution is -0.139. The molecule has 1 unspecified atom stereocenters. The van der Waals surface area contributed by atoms with E-state index in [1.165, 1.54) is 12.1 Å². The van der Waals surface area contributed by atoms with Crippen LogP contribution in [-0.4, -0.2) is 31.3 Å². The molecule has 1 aromatic rings. The van der Waals surface area contributed by atoms with Crippen LogP contribution in [0, 0.1) is 6.92 Å². The number of hydrogen-bond donors (Lipinski definition) is 3. The first-order valence-corrected chi connectivity index (χ1v) is 7.89. The molecule has 8 heteroatoms. The first kappa shape index (κ1) is 16.3. The molecule has 2 N–H and O–H groups in total. The van der Waals surface area contributed by atoms with Crippen LogP contribution in [0.4, 0.5) is 0 Å². The molecule has 1 aromatic carbocycles. The Morgan fingerprint density at radius 1 is 1.53 bits per heavy atom. The second kappa shape index (κ2) is 6.60. The minimum absolute atomic E-state index is 0.0579. The van der Waals surface area contributed by atoms with E-state index in [-0.39, 0.29) is 22.1 Å². The van der Waals surface area contributed by atoms with Crippen molar-refractivity contribution in [2.24, 2.45) is 0 Å². The maximum Gasteiger partial charge on any atom is 0.321 e. The highest BCUT2D eigenvalue weighted by Gasteiger charge is 2.26. The quantitative estimate of drug-likeness (QED) is 0.696. The van der Waals surface area contributed by atoms with Crippen molar-refractivity contribution < 1.29 is 18.3 Å². The maximum atomic E-state index is 12.1. The summed E-state index contributed by atoms with van der Waals surface area (Å²) in [4.78, 5) is 10.8. The fraction of sp³-hybridized carbons (Fsp3) is 0.364. The second-order valence-corrected chi connectivity index (χ2v) is 6.50. The van der Waals surface area contributed by atoms with Crippen molar-refractivity contribution in [3.8, 4) is 0 Å². The Hall–Kier alpha value is -0.760. The van der Waals surface area contributed by atoms with Gasteiger partial charge < -0.3 is 5.11 Å². The van der Waals surface area contributed by atoms with Crippen LogP contribution < -0.4 is 4.72 Å². The average molecular weight is 324 g/mol. The lowest BCUT2D eigenvalue weighted by atomic mass is 10.2. The molecule has 0 amide bonds. The van der Waals surface area contributed by atoms with E-state index in [9.17, 15) is 13.2 Å². The van der Waals surface area contributed by atoms with Gasteiger partial charge in [-0.25, -0.2) is 8.42 Å². The van der Waals surface area contributed by atoms with Crippen LogP contribution in [0.15, 0.2) is 23.1 Å². The Morgan fingerprint density at radius 3 is 2.63 bits per heavy atom. The van der Waals surface area contributed by atoms with E-state index in [4.69, 9.17) is 16.7 Å². The Balaban J connectivity index is 3.06. The topological polar surface area (TPSA) is 83.5 Å². The molecule has 0 aliphatic rings. The molecule has 19 heavy (non-hydrogen) atoms. The van der Waals surface area contributed by atoms with Crippen LogP contribution >= 0.6 is 24.2 Å². The van der Waals surface area contributed by atoms with Crippen LogP contribution in [0.2, 0.25) is 5.02 Å². The lowest BCUT2D eigenvalue weighted by Crippen LogP contribution is -2.41. The van der Waals surface area contributed by atoms with E-state index in [1.807, 2.05) is 0 Å². The number of halogens is 1. The summed E-state index contributed by atoms with van der Waals surface area (Å²) in [5.41, 5.74) is 0.814. The summed E-state index contributed by atoms with van der Waals surface area (Å²) in [6, 6.07) is 3.22. The summed E-state index contributed by atoms with van der Waals surface area (Å²) in [7, 11) is -3.97. The molecule has 0 fully saturated rings. The Bertz CT molecular complexity index is 574. The van der Waals surface area contributed by atoms with Gasteiger partial charge in [0, 0.05) is 0 Å². The number of aryl methyl sites for hydroxylation is 1. The third kappa shape index (κ3) is 4.38. The first-order chi connectivity index (χ1) is 8.77. The highest BCUT2D eigenvalue weighted by atomic mass is 35.5. The highest BCUT2D eigenvalue weighted by molar-refractivity contribution is 7.89. The van der Waals surface area contributed by atoms with E-state index in [0.717, 1.165) is 5.56 Å². The van der Waals surface area contributed by atoms with Gasteiger partial charge in [-0.05, 0) is 36.8 Å². The van der Waals surface area contributed by atoms with Gasteiger partial charge in [0.1, 0.15) is 10.9 Å². The number of hydrogen-bond acceptors (Lipinski definition) is 4. The number of benzene rings is 1. The molecular formula is C11H14ClNO4S2. The zero-order valence-electron chi connectivity index (χ0n) is 10.1. The smallest absolute Gasteiger partial charge is 0.321 e. The van der Waals surface area contributed by atoms with Gasteiger partial charge >= 0.3 is 5.97 Å². The van der Waals surface area contributed by atoms with Crippen molar-refractivity contribution in [2.75, 3.05) is 5.75 Å². The van der Waals surface area contributed by atoms with E-state index >= 15 is 0 Å². The van der Waals surface area contributed by atoms with Gasteiger partial charge in [0.2, 0.25) is 10.0 Å². The van der Waals surface area contributed by atoms with Gasteiger partial charge in [-0.1, -0.05) is 17.7 Å². The molecule has 0 aliphatic heterocycles. The number of carbonyl (C=O) groups is 1. The largest absolute Gasteiger partial charge is 0.480 e. The standard InChI is InChI=1S/C11H14ClNO4S2/c1-7-2-3-10(8(12)6-7)19(16,17)13-9(4-5-18)11(14)15/h2-3,6,9,13,18H,4-5H2,1H3,(H,14,15). The van der Waals surface area contributed by atoms with Crippen molar-refractivity contribution >= 4 is 40.2 Å². The number of nitrogens with one attached hydrogen (secondary N) is 1. The van der Waals surface area contributed by atoms with Crippen LogP contribution in [-0.2, 0) is 14.8 Å². The number of sulfonamides is 1. The molecule has 0 spiro atoms. The normalized spacial score (nSPS) is 13.2. The third-order valence-electron chi connectivity index (χ3n) is 2.39. The monoisotopic (exact) mass is 323 g/mol. The fourth-order valence-corrected chi connectivity index (χ4v) is 3.52. The molecule has 0 aliphatic carbocycles. The molecule has 5 nitrogen and oxygen atoms in total. The summed E-state index contributed by atoms with van der Waals surface area (Å²) in [6.07, 6.45) is 0.0845. The molecule has 0 radical (unpaired) electrons. The Morgan fingerprint density at radius 2 is 2.16 bits per heavy atom. The number of carboxylic acid groups (broad SMARTS) is 1. The van der Waals surface area contributed by atoms with Gasteiger partial charge in [0.25, 0.3) is 0 Å². The van der Waals surface area contributed by atoms with Crippen LogP contribution in [0.25, 0.3) is 0 Å². The predicted molar refractivity (Wildman–Crippen MR) is 76.4 cm³/mol. The molecule has 0 aromatic heterocycles. The molecule has 0 saturated heterocycles. The molecule has 0 bridgehead atoms. The summed E-state index contributed by atoms with van der Waals surface area (Å²) >= 11 is 9.77. The van der Waals surface area contributed by atoms with Crippen molar-refractivity contribution in [2.45, 2.75) is 24.3 Å². The van der Waals surface area contributed by atoms with Crippen LogP contribution in [0.3, 0.4) is 0 Å². The SMILES string of the molecule is Cc1ccc(S(=O)(=O)NC(CCS)C(=O)O)c(Cl)c1. The van der Waals surface area contributed by atoms with Crippen molar-refractivity contribution in [1.82, 2.24) is 4.72 Å². The summed E-state index contributed by atoms with van der Waals surface area (Å²) in [5.74, 6) is -0.998. The molecule has 0 saturated carbocycles. The van der Waals surface area contributed by atoms with E-state index in [0.29, 0.717) is 0 Å². The number of thiol groups is 1. The Kier molecular flexibility index (Phi) is 5.66. The van der Waals surface area contributed by atoms with Crippen LogP contribution in [0.1, 0.15) is 12.0 Å². The fourth-order valence-electron chi connectivity index (χ4n) is 1.44. The van der Waals surface area contributed by atoms with E-state index < -0.39 is 22.0 Å². The average Bonchev–Trinajstić information content (AvgIpc) is 2.27. The molecule has 0 heterocycles. The summed E-state index contributed by atoms with van der Waals surface area (Å²) < 4.78 is 26.2. The zero-order valence-corrected chi connectivity index (χ0v) is 12.6. The molecular weight excluding hydrogens is 310 g/mol. The second-order valence-electron chi connectivity index (χ2n) is 3.96. The van der Waals surface area contributed by atoms with Gasteiger partial charge in [-0.2, -0.15) is 17.4 Å². The third-order valence-corrected chi connectivity index (χ3v) is 4.60. The summed E-state index contributed by atoms with van der Waals surface area (Å²) in [6.45, 7) is 1.77. The predicted octanol–water partition coefficient (Wildman–Crippen LogP) is 1.70. The molecule has 1 rings (SSSR count). The number of aliphatic carboxylic acids is 1. The highest BCUT2D eigenvalue weighted by Crippen LogP contribution is 2.22. The van der Waals surface area contributed by atoms with Gasteiger partial charge in [-0.15, -0.1) is 0 Å². The van der Waals surface area contributed by atoms with Gasteiger partial charge in [0.15, 0.2) is 0 Å². The first-order valence-electron chi connectivity index (χ1n) is 5.40. The van der Waals surface area contributed by atoms with E-state index in [1.54, 1.807) is 13.0 Å². The number of rotatable bonds is 6. The van der Waals surface area contributed by atoms with Gasteiger partial charge in [-0.3, -0.25) is 4.79 Å². The number of carboxylic acids is 1. The minimum atomic E-state index is -3.97. The van der Waals surface area contributed by atoms with E-state index in [2.05, 4.69) is 17.4 Å². The van der Waals surface area contributed by atoms with Crippen molar-refractivity contribution in [3.05, 3.63) is 28.8 Å². The van der Waals surface area contributed by atoms with Crippen molar-refractivity contribution in [3.63, 3.8) is 0 Å². The zero-order chi connectivity index (χ0) is 14.6. The Labute approximate surface area is 122 Å². The van der Waals surface area contributed by atoms with Crippen LogP contribution in [0.5, 0.6) is 0 Å². The molecule has 1 atom stereocenters. The van der Waals surface area contributed by atoms with Gasteiger partial charge in [0.05, 0.1) is 5.02 Å². The maximum absolute atomic E-state index is 12.1. The molecule has 106 valence electrons. The lowest BCUT2D eigenvalue weighted by Gasteiger charge is -2.14.